The summed E-state index contributed by atoms with van der Waals surface area (Å²) in [6.45, 7) is 7.60. The van der Waals surface area contributed by atoms with Crippen LogP contribution in [0.4, 0.5) is 4.39 Å². The summed E-state index contributed by atoms with van der Waals surface area (Å²) in [7, 11) is 0. The standard InChI is InChI=1S/C22H25FN4OS/c1-17-2-4-18(5-3-17)16-29-22-25-24-21(19-6-8-20(23)9-7-19)27(22)11-10-26-12-14-28-15-13-26/h2-9H,10-16H2,1H3/p+1. The first-order valence-electron chi connectivity index (χ1n) is 9.98. The first-order valence-corrected chi connectivity index (χ1v) is 11.0. The van der Waals surface area contributed by atoms with Gasteiger partial charge in [0.05, 0.1) is 26.3 Å². The molecule has 2 aromatic carbocycles. The second kappa shape index (κ2) is 9.52. The molecule has 1 saturated heterocycles. The molecule has 0 saturated carbocycles. The van der Waals surface area contributed by atoms with E-state index in [2.05, 4.69) is 46.0 Å². The zero-order valence-electron chi connectivity index (χ0n) is 16.6. The van der Waals surface area contributed by atoms with Crippen LogP contribution in [0.1, 0.15) is 11.1 Å². The van der Waals surface area contributed by atoms with Gasteiger partial charge in [0.25, 0.3) is 0 Å². The Bertz CT molecular complexity index is 921. The zero-order valence-corrected chi connectivity index (χ0v) is 17.4. The van der Waals surface area contributed by atoms with E-state index in [1.54, 1.807) is 23.9 Å². The van der Waals surface area contributed by atoms with Crippen LogP contribution in [0.3, 0.4) is 0 Å². The number of thioether (sulfide) groups is 1. The molecule has 29 heavy (non-hydrogen) atoms. The number of rotatable bonds is 7. The number of quaternary nitrogens is 1. The minimum Gasteiger partial charge on any atom is -0.370 e. The van der Waals surface area contributed by atoms with Gasteiger partial charge >= 0.3 is 0 Å². The van der Waals surface area contributed by atoms with Crippen molar-refractivity contribution >= 4 is 11.8 Å². The van der Waals surface area contributed by atoms with E-state index < -0.39 is 0 Å². The number of aromatic nitrogens is 3. The number of benzene rings is 2. The van der Waals surface area contributed by atoms with E-state index >= 15 is 0 Å². The molecule has 1 N–H and O–H groups in total. The summed E-state index contributed by atoms with van der Waals surface area (Å²) >= 11 is 1.69. The number of halogens is 1. The summed E-state index contributed by atoms with van der Waals surface area (Å²) in [5.74, 6) is 1.39. The van der Waals surface area contributed by atoms with Gasteiger partial charge in [-0.15, -0.1) is 10.2 Å². The molecule has 0 amide bonds. The number of nitrogens with one attached hydrogen (secondary N) is 1. The molecular weight excluding hydrogens is 387 g/mol. The Kier molecular flexibility index (Phi) is 6.59. The van der Waals surface area contributed by atoms with Gasteiger partial charge in [0.1, 0.15) is 18.9 Å². The van der Waals surface area contributed by atoms with E-state index in [4.69, 9.17) is 4.74 Å². The van der Waals surface area contributed by atoms with Crippen molar-refractivity contribution in [2.24, 2.45) is 0 Å². The van der Waals surface area contributed by atoms with Crippen LogP contribution in [0.2, 0.25) is 0 Å². The minimum absolute atomic E-state index is 0.244. The van der Waals surface area contributed by atoms with Crippen LogP contribution in [0.5, 0.6) is 0 Å². The van der Waals surface area contributed by atoms with E-state index in [0.717, 1.165) is 61.7 Å². The van der Waals surface area contributed by atoms with E-state index in [1.165, 1.54) is 28.2 Å². The van der Waals surface area contributed by atoms with Gasteiger partial charge in [-0.3, -0.25) is 4.57 Å². The lowest BCUT2D eigenvalue weighted by atomic mass is 10.2. The molecule has 0 bridgehead atoms. The number of hydrogen-bond acceptors (Lipinski definition) is 4. The van der Waals surface area contributed by atoms with Crippen molar-refractivity contribution in [1.82, 2.24) is 14.8 Å². The van der Waals surface area contributed by atoms with Crippen molar-refractivity contribution < 1.29 is 14.0 Å². The van der Waals surface area contributed by atoms with E-state index in [-0.39, 0.29) is 5.82 Å². The second-order valence-electron chi connectivity index (χ2n) is 7.35. The van der Waals surface area contributed by atoms with Crippen molar-refractivity contribution in [3.05, 3.63) is 65.5 Å². The largest absolute Gasteiger partial charge is 0.370 e. The number of nitrogens with zero attached hydrogens (tertiary/aromatic N) is 3. The molecule has 1 fully saturated rings. The molecule has 0 aliphatic carbocycles. The molecule has 0 radical (unpaired) electrons. The van der Waals surface area contributed by atoms with Crippen molar-refractivity contribution in [3.8, 4) is 11.4 Å². The number of ether oxygens (including phenoxy) is 1. The fourth-order valence-corrected chi connectivity index (χ4v) is 4.34. The van der Waals surface area contributed by atoms with E-state index in [1.807, 2.05) is 0 Å². The molecule has 1 aliphatic rings. The lowest BCUT2D eigenvalue weighted by Gasteiger charge is -2.24. The number of aryl methyl sites for hydroxylation is 1. The van der Waals surface area contributed by atoms with Gasteiger partial charge in [-0.05, 0) is 36.8 Å². The van der Waals surface area contributed by atoms with Crippen molar-refractivity contribution in [3.63, 3.8) is 0 Å². The molecule has 0 atom stereocenters. The Balaban J connectivity index is 1.54. The van der Waals surface area contributed by atoms with Gasteiger partial charge in [-0.1, -0.05) is 41.6 Å². The first-order chi connectivity index (χ1) is 14.2. The van der Waals surface area contributed by atoms with Crippen molar-refractivity contribution in [1.29, 1.82) is 0 Å². The summed E-state index contributed by atoms with van der Waals surface area (Å²) in [5.41, 5.74) is 3.41. The average molecular weight is 414 g/mol. The van der Waals surface area contributed by atoms with Gasteiger partial charge in [-0.2, -0.15) is 0 Å². The Labute approximate surface area is 174 Å². The van der Waals surface area contributed by atoms with E-state index in [9.17, 15) is 4.39 Å². The summed E-state index contributed by atoms with van der Waals surface area (Å²) in [5, 5.41) is 9.80. The predicted octanol–water partition coefficient (Wildman–Crippen LogP) is 2.60. The van der Waals surface area contributed by atoms with Crippen molar-refractivity contribution in [2.45, 2.75) is 24.4 Å². The second-order valence-corrected chi connectivity index (χ2v) is 8.29. The van der Waals surface area contributed by atoms with Crippen molar-refractivity contribution in [2.75, 3.05) is 32.8 Å². The predicted molar refractivity (Wildman–Crippen MR) is 113 cm³/mol. The fourth-order valence-electron chi connectivity index (χ4n) is 3.42. The lowest BCUT2D eigenvalue weighted by molar-refractivity contribution is -0.908. The van der Waals surface area contributed by atoms with Crippen LogP contribution < -0.4 is 4.90 Å². The van der Waals surface area contributed by atoms with Crippen LogP contribution in [0, 0.1) is 12.7 Å². The maximum absolute atomic E-state index is 13.4. The highest BCUT2D eigenvalue weighted by Gasteiger charge is 2.18. The van der Waals surface area contributed by atoms with Gasteiger partial charge in [0.2, 0.25) is 0 Å². The monoisotopic (exact) mass is 413 g/mol. The Morgan fingerprint density at radius 2 is 1.76 bits per heavy atom. The van der Waals surface area contributed by atoms with Gasteiger partial charge < -0.3 is 9.64 Å². The molecule has 1 aliphatic heterocycles. The fraction of sp³-hybridized carbons (Fsp3) is 0.364. The van der Waals surface area contributed by atoms with Gasteiger partial charge in [0.15, 0.2) is 11.0 Å². The van der Waals surface area contributed by atoms with Gasteiger partial charge in [0, 0.05) is 11.3 Å². The summed E-state index contributed by atoms with van der Waals surface area (Å²) in [4.78, 5) is 1.53. The smallest absolute Gasteiger partial charge is 0.192 e. The lowest BCUT2D eigenvalue weighted by Crippen LogP contribution is -3.14. The summed E-state index contributed by atoms with van der Waals surface area (Å²) in [6.07, 6.45) is 0. The molecular formula is C22H26FN4OS+. The van der Waals surface area contributed by atoms with Crippen LogP contribution in [0.15, 0.2) is 53.7 Å². The maximum atomic E-state index is 13.4. The molecule has 1 aromatic heterocycles. The van der Waals surface area contributed by atoms with Gasteiger partial charge in [-0.25, -0.2) is 4.39 Å². The molecule has 2 heterocycles. The highest BCUT2D eigenvalue weighted by Crippen LogP contribution is 2.26. The third kappa shape index (κ3) is 5.23. The molecule has 0 unspecified atom stereocenters. The summed E-state index contributed by atoms with van der Waals surface area (Å²) in [6, 6.07) is 15.1. The topological polar surface area (TPSA) is 44.4 Å². The molecule has 5 nitrogen and oxygen atoms in total. The van der Waals surface area contributed by atoms with Crippen LogP contribution in [-0.2, 0) is 17.0 Å². The average Bonchev–Trinajstić information content (AvgIpc) is 3.16. The minimum atomic E-state index is -0.244. The first kappa shape index (κ1) is 20.1. The van der Waals surface area contributed by atoms with Crippen LogP contribution in [-0.4, -0.2) is 47.6 Å². The third-order valence-corrected chi connectivity index (χ3v) is 6.23. The molecule has 7 heteroatoms. The SMILES string of the molecule is Cc1ccc(CSc2nnc(-c3ccc(F)cc3)n2CC[NH+]2CCOCC2)cc1. The Morgan fingerprint density at radius 1 is 1.03 bits per heavy atom. The molecule has 4 rings (SSSR count). The van der Waals surface area contributed by atoms with Crippen LogP contribution in [0.25, 0.3) is 11.4 Å². The Hall–Kier alpha value is -2.22. The summed E-state index contributed by atoms with van der Waals surface area (Å²) < 4.78 is 21.0. The zero-order chi connectivity index (χ0) is 20.1. The molecule has 152 valence electrons. The number of hydrogen-bond donors (Lipinski definition) is 1. The Morgan fingerprint density at radius 3 is 2.48 bits per heavy atom. The van der Waals surface area contributed by atoms with E-state index in [0.29, 0.717) is 0 Å². The highest BCUT2D eigenvalue weighted by molar-refractivity contribution is 7.98. The third-order valence-electron chi connectivity index (χ3n) is 5.20. The highest BCUT2D eigenvalue weighted by atomic mass is 32.2. The number of morpholine rings is 1. The molecule has 0 spiro atoms. The maximum Gasteiger partial charge on any atom is 0.192 e. The quantitative estimate of drug-likeness (QED) is 0.605. The normalized spacial score (nSPS) is 15.0. The molecule has 3 aromatic rings. The van der Waals surface area contributed by atoms with Crippen LogP contribution >= 0.6 is 11.8 Å².